The van der Waals surface area contributed by atoms with Gasteiger partial charge in [0.05, 0.1) is 5.16 Å². The van der Waals surface area contributed by atoms with Crippen molar-refractivity contribution in [3.63, 3.8) is 0 Å². The largest absolute Gasteiger partial charge is 0.375 e. The van der Waals surface area contributed by atoms with Gasteiger partial charge in [0, 0.05) is 21.1 Å². The molecule has 5 radical (unpaired) electrons. The van der Waals surface area contributed by atoms with Gasteiger partial charge in [-0.3, -0.25) is 0 Å². The number of isothiocyanates is 1. The van der Waals surface area contributed by atoms with E-state index in [2.05, 4.69) is 109 Å². The van der Waals surface area contributed by atoms with Crippen LogP contribution in [0.1, 0.15) is 0 Å². The third-order valence-corrected chi connectivity index (χ3v) is 14.2. The lowest BCUT2D eigenvalue weighted by Gasteiger charge is -2.25. The fourth-order valence-electron chi connectivity index (χ4n) is 1.53. The molecule has 8 nitrogen and oxygen atoms in total. The van der Waals surface area contributed by atoms with Gasteiger partial charge in [-0.2, -0.15) is 0 Å². The van der Waals surface area contributed by atoms with Crippen LogP contribution < -0.4 is 24.9 Å². The van der Waals surface area contributed by atoms with Gasteiger partial charge in [-0.25, -0.2) is 4.99 Å². The molecule has 0 aliphatic heterocycles. The molecule has 0 heterocycles. The highest BCUT2D eigenvalue weighted by Crippen LogP contribution is 1.94. The van der Waals surface area contributed by atoms with Crippen LogP contribution in [0.5, 0.6) is 0 Å². The first-order valence-electron chi connectivity index (χ1n) is 11.3. The van der Waals surface area contributed by atoms with E-state index < -0.39 is 36.2 Å². The van der Waals surface area contributed by atoms with Crippen molar-refractivity contribution in [1.29, 1.82) is 0 Å². The van der Waals surface area contributed by atoms with E-state index >= 15 is 0 Å². The van der Waals surface area contributed by atoms with Crippen LogP contribution in [0.4, 0.5) is 0 Å². The van der Waals surface area contributed by atoms with Gasteiger partial charge in [0.2, 0.25) is 0 Å². The summed E-state index contributed by atoms with van der Waals surface area (Å²) in [4.78, 5) is 19.2. The first-order valence-corrected chi connectivity index (χ1v) is 21.8. The maximum absolute atomic E-state index is 5.26. The van der Waals surface area contributed by atoms with Crippen molar-refractivity contribution >= 4 is 97.2 Å². The molecule has 0 aromatic rings. The predicted octanol–water partition coefficient (Wildman–Crippen LogP) is 2.42. The second-order valence-electron chi connectivity index (χ2n) is 6.86. The zero-order valence-corrected chi connectivity index (χ0v) is 31.9. The molecule has 0 rings (SSSR count). The van der Waals surface area contributed by atoms with Crippen molar-refractivity contribution in [2.45, 2.75) is 19.6 Å². The Labute approximate surface area is 258 Å². The molecule has 0 saturated heterocycles. The lowest BCUT2D eigenvalue weighted by atomic mass is 11.1. The molecule has 16 heteroatoms. The van der Waals surface area contributed by atoms with E-state index in [4.69, 9.17) is 24.4 Å². The van der Waals surface area contributed by atoms with E-state index in [-0.39, 0.29) is 8.96 Å². The normalized spacial score (nSPS) is 9.32. The minimum Gasteiger partial charge on any atom is -0.375 e. The Morgan fingerprint density at radius 1 is 0.711 bits per heavy atom. The van der Waals surface area contributed by atoms with Crippen LogP contribution in [0.3, 0.4) is 0 Å². The Morgan fingerprint density at radius 2 is 1.03 bits per heavy atom. The maximum Gasteiger partial charge on any atom is 0.288 e. The highest BCUT2D eigenvalue weighted by atomic mass is 32.1. The second kappa shape index (κ2) is 30.4. The first-order chi connectivity index (χ1) is 17.8. The van der Waals surface area contributed by atoms with Crippen LogP contribution in [0.25, 0.3) is 0 Å². The van der Waals surface area contributed by atoms with Gasteiger partial charge in [0.1, 0.15) is 0 Å². The zero-order chi connectivity index (χ0) is 30.7. The zero-order valence-electron chi connectivity index (χ0n) is 24.5. The van der Waals surface area contributed by atoms with Gasteiger partial charge >= 0.3 is 0 Å². The Bertz CT molecular complexity index is 710. The lowest BCUT2D eigenvalue weighted by Crippen LogP contribution is -2.53. The minimum atomic E-state index is -0.945. The quantitative estimate of drug-likeness (QED) is 0.123. The van der Waals surface area contributed by atoms with Crippen LogP contribution in [0, 0.1) is 0 Å². The molecule has 38 heavy (non-hydrogen) atoms. The van der Waals surface area contributed by atoms with Crippen molar-refractivity contribution in [2.75, 3.05) is 42.3 Å². The van der Waals surface area contributed by atoms with E-state index in [1.165, 1.54) is 0 Å². The SMILES string of the molecule is C=C[Si](C)NC.C=C[Si](NC)NC(=S)N(C)[Si](C)C=C.C=C[Si](NC)NC(=S)N(C)[Si](C)C=C.CN=C=S. The molecule has 0 aromatic heterocycles. The third kappa shape index (κ3) is 25.1. The second-order valence-corrected chi connectivity index (χ2v) is 18.8. The van der Waals surface area contributed by atoms with Gasteiger partial charge in [-0.1, -0.05) is 35.0 Å². The van der Waals surface area contributed by atoms with Crippen molar-refractivity contribution in [1.82, 2.24) is 34.0 Å². The summed E-state index contributed by atoms with van der Waals surface area (Å²) in [5.41, 5.74) is 9.63. The Balaban J connectivity index is -0.000000226. The summed E-state index contributed by atoms with van der Waals surface area (Å²) in [6.45, 7) is 25.1. The van der Waals surface area contributed by atoms with Crippen molar-refractivity contribution in [3.05, 3.63) is 61.4 Å². The van der Waals surface area contributed by atoms with Gasteiger partial charge in [0.15, 0.2) is 37.1 Å². The number of nitrogens with one attached hydrogen (secondary N) is 5. The molecule has 0 unspecified atom stereocenters. The molecule has 0 aliphatic carbocycles. The summed E-state index contributed by atoms with van der Waals surface area (Å²) in [6, 6.07) is 0. The average Bonchev–Trinajstić information content (AvgIpc) is 2.96. The van der Waals surface area contributed by atoms with Gasteiger partial charge < -0.3 is 34.0 Å². The average molecular weight is 660 g/mol. The van der Waals surface area contributed by atoms with E-state index in [1.807, 2.05) is 63.7 Å². The highest BCUT2D eigenvalue weighted by molar-refractivity contribution is 7.80. The summed E-state index contributed by atoms with van der Waals surface area (Å²) < 4.78 is 4.14. The molecule has 0 fully saturated rings. The van der Waals surface area contributed by atoms with E-state index in [9.17, 15) is 0 Å². The summed E-state index contributed by atoms with van der Waals surface area (Å²) in [6.07, 6.45) is 0. The number of hydrogen-bond acceptors (Lipinski definition) is 7. The highest BCUT2D eigenvalue weighted by Gasteiger charge is 2.15. The van der Waals surface area contributed by atoms with Crippen LogP contribution in [0.15, 0.2) is 66.4 Å². The molecule has 0 bridgehead atoms. The summed E-state index contributed by atoms with van der Waals surface area (Å²) >= 11 is 14.7. The fraction of sp³-hybridized carbons (Fsp3) is 0.409. The van der Waals surface area contributed by atoms with Crippen molar-refractivity contribution < 1.29 is 0 Å². The Kier molecular flexibility index (Phi) is 35.1. The molecule has 5 N–H and O–H groups in total. The maximum atomic E-state index is 5.26. The number of hydrogen-bond donors (Lipinski definition) is 5. The fourth-order valence-corrected chi connectivity index (χ4v) is 6.44. The van der Waals surface area contributed by atoms with Crippen LogP contribution in [-0.2, 0) is 0 Å². The number of nitrogens with zero attached hydrogens (tertiary/aromatic N) is 3. The molecule has 0 aromatic carbocycles. The van der Waals surface area contributed by atoms with Crippen molar-refractivity contribution in [2.24, 2.45) is 4.99 Å². The van der Waals surface area contributed by atoms with Gasteiger partial charge in [-0.05, 0) is 70.9 Å². The smallest absolute Gasteiger partial charge is 0.288 e. The van der Waals surface area contributed by atoms with E-state index in [1.54, 1.807) is 7.05 Å². The molecule has 0 saturated carbocycles. The number of aliphatic imine (C=N–C) groups is 1. The van der Waals surface area contributed by atoms with E-state index in [0.717, 1.165) is 10.2 Å². The molecule has 0 spiro atoms. The molecular weight excluding hydrogens is 613 g/mol. The molecule has 0 aliphatic rings. The molecule has 213 valence electrons. The molecule has 0 amide bonds. The van der Waals surface area contributed by atoms with Crippen LogP contribution in [0.2, 0.25) is 19.6 Å². The minimum absolute atomic E-state index is 0.354. The van der Waals surface area contributed by atoms with Gasteiger partial charge in [-0.15, -0.1) is 32.9 Å². The van der Waals surface area contributed by atoms with Crippen LogP contribution in [-0.4, -0.2) is 112 Å². The lowest BCUT2D eigenvalue weighted by molar-refractivity contribution is 0.779. The van der Waals surface area contributed by atoms with Crippen molar-refractivity contribution in [3.8, 4) is 0 Å². The Hall–Kier alpha value is -1.16. The standard InChI is InChI=1S/2C8H17N3SSi2.C4H10NSi.C2H3NS/c2*1-6-13(5)11(4)8(12)10-14(7-2)9-3;1-4-6(3)5-2;1-3-2-4/h2*6-7,9H,1-2H2,3-5H3,(H,10,12);4-5H,1H2,2-3H3;1H3. The summed E-state index contributed by atoms with van der Waals surface area (Å²) in [5, 5.41) is 3.67. The third-order valence-electron chi connectivity index (χ3n) is 4.48. The van der Waals surface area contributed by atoms with Crippen LogP contribution >= 0.6 is 36.7 Å². The van der Waals surface area contributed by atoms with E-state index in [0.29, 0.717) is 0 Å². The summed E-state index contributed by atoms with van der Waals surface area (Å²) in [7, 11) is 7.64. The monoisotopic (exact) mass is 659 g/mol. The topological polar surface area (TPSA) is 79.0 Å². The number of thiocarbonyl (C=S) groups is 3. The first kappa shape index (κ1) is 43.9. The molecule has 0 atom stereocenters. The molecular formula is C22H47N8S3Si5. The van der Waals surface area contributed by atoms with Gasteiger partial charge in [0.25, 0.3) is 18.2 Å². The summed E-state index contributed by atoms with van der Waals surface area (Å²) in [5.74, 6) is 0. The Morgan fingerprint density at radius 3 is 1.16 bits per heavy atom. The number of rotatable bonds is 12. The predicted molar refractivity (Wildman–Crippen MR) is 192 cm³/mol.